The Hall–Kier alpha value is -1.81. The van der Waals surface area contributed by atoms with Crippen molar-refractivity contribution >= 4 is 32.5 Å². The van der Waals surface area contributed by atoms with Crippen molar-refractivity contribution < 1.29 is 0 Å². The number of benzene rings is 1. The summed E-state index contributed by atoms with van der Waals surface area (Å²) in [5.74, 6) is 0. The first kappa shape index (κ1) is 11.3. The fourth-order valence-electron chi connectivity index (χ4n) is 1.97. The maximum atomic E-state index is 4.19. The van der Waals surface area contributed by atoms with Gasteiger partial charge < -0.3 is 10.3 Å². The molecule has 3 rings (SSSR count). The highest BCUT2D eigenvalue weighted by Crippen LogP contribution is 2.18. The number of para-hydroxylation sites is 1. The summed E-state index contributed by atoms with van der Waals surface area (Å²) in [7, 11) is 0. The van der Waals surface area contributed by atoms with Gasteiger partial charge in [-0.2, -0.15) is 0 Å². The number of aromatic amines is 1. The number of H-pyrrole nitrogens is 1. The molecule has 0 saturated heterocycles. The number of anilines is 1. The topological polar surface area (TPSA) is 40.7 Å². The second-order valence-corrected chi connectivity index (χ2v) is 4.89. The fourth-order valence-corrected chi connectivity index (χ4v) is 2.21. The molecule has 3 aromatic rings. The van der Waals surface area contributed by atoms with E-state index in [0.717, 1.165) is 16.8 Å². The molecule has 0 fully saturated rings. The smallest absolute Gasteiger partial charge is 0.106 e. The van der Waals surface area contributed by atoms with Gasteiger partial charge >= 0.3 is 0 Å². The highest BCUT2D eigenvalue weighted by molar-refractivity contribution is 9.10. The number of rotatable bonds is 3. The molecule has 0 spiro atoms. The van der Waals surface area contributed by atoms with Crippen LogP contribution in [0.1, 0.15) is 5.56 Å². The molecule has 0 saturated carbocycles. The Morgan fingerprint density at radius 2 is 2.11 bits per heavy atom. The minimum Gasteiger partial charge on any atom is -0.380 e. The van der Waals surface area contributed by atoms with E-state index in [2.05, 4.69) is 55.5 Å². The summed E-state index contributed by atoms with van der Waals surface area (Å²) in [4.78, 5) is 7.46. The Kier molecular flexibility index (Phi) is 3.02. The maximum absolute atomic E-state index is 4.19. The highest BCUT2D eigenvalue weighted by atomic mass is 79.9. The Labute approximate surface area is 113 Å². The number of aromatic nitrogens is 2. The lowest BCUT2D eigenvalue weighted by atomic mass is 10.1. The maximum Gasteiger partial charge on any atom is 0.106 e. The molecule has 0 aliphatic rings. The molecule has 2 heterocycles. The van der Waals surface area contributed by atoms with Crippen molar-refractivity contribution in [2.75, 3.05) is 5.32 Å². The van der Waals surface area contributed by atoms with Crippen molar-refractivity contribution in [3.8, 4) is 0 Å². The quantitative estimate of drug-likeness (QED) is 0.720. The van der Waals surface area contributed by atoms with Crippen molar-refractivity contribution in [3.63, 3.8) is 0 Å². The molecule has 2 N–H and O–H groups in total. The second kappa shape index (κ2) is 4.82. The van der Waals surface area contributed by atoms with E-state index in [0.29, 0.717) is 0 Å². The van der Waals surface area contributed by atoms with Crippen LogP contribution in [0, 0.1) is 0 Å². The predicted octanol–water partition coefficient (Wildman–Crippen LogP) is 3.94. The molecule has 2 aromatic heterocycles. The number of pyridine rings is 1. The summed E-state index contributed by atoms with van der Waals surface area (Å²) in [5, 5.41) is 4.61. The summed E-state index contributed by atoms with van der Waals surface area (Å²) >= 11 is 3.32. The summed E-state index contributed by atoms with van der Waals surface area (Å²) in [6, 6.07) is 12.3. The van der Waals surface area contributed by atoms with Crippen molar-refractivity contribution in [1.82, 2.24) is 9.97 Å². The van der Waals surface area contributed by atoms with Crippen molar-refractivity contribution in [3.05, 3.63) is 59.0 Å². The average Bonchev–Trinajstić information content (AvgIpc) is 2.87. The van der Waals surface area contributed by atoms with Crippen LogP contribution in [0.25, 0.3) is 10.9 Å². The van der Waals surface area contributed by atoms with Gasteiger partial charge in [0.15, 0.2) is 0 Å². The van der Waals surface area contributed by atoms with E-state index < -0.39 is 0 Å². The highest BCUT2D eigenvalue weighted by Gasteiger charge is 2.01. The third-order valence-corrected chi connectivity index (χ3v) is 3.35. The zero-order valence-electron chi connectivity index (χ0n) is 9.65. The molecular weight excluding hydrogens is 290 g/mol. The van der Waals surface area contributed by atoms with Crippen LogP contribution < -0.4 is 5.32 Å². The summed E-state index contributed by atoms with van der Waals surface area (Å²) in [6.07, 6.45) is 3.79. The van der Waals surface area contributed by atoms with Gasteiger partial charge in [-0.25, -0.2) is 4.98 Å². The molecule has 0 atom stereocenters. The van der Waals surface area contributed by atoms with Gasteiger partial charge in [-0.05, 0) is 45.1 Å². The van der Waals surface area contributed by atoms with E-state index in [1.165, 1.54) is 16.5 Å². The van der Waals surface area contributed by atoms with Crippen LogP contribution in [0.2, 0.25) is 0 Å². The molecule has 0 radical (unpaired) electrons. The lowest BCUT2D eigenvalue weighted by Gasteiger charge is -2.07. The lowest BCUT2D eigenvalue weighted by molar-refractivity contribution is 1.14. The zero-order valence-corrected chi connectivity index (χ0v) is 11.2. The third-order valence-electron chi connectivity index (χ3n) is 2.88. The molecular formula is C14H12BrN3. The first-order valence-corrected chi connectivity index (χ1v) is 6.52. The number of hydrogen-bond donors (Lipinski definition) is 2. The lowest BCUT2D eigenvalue weighted by Crippen LogP contribution is -2.00. The van der Waals surface area contributed by atoms with Crippen LogP contribution in [0.4, 0.5) is 5.69 Å². The molecule has 90 valence electrons. The van der Waals surface area contributed by atoms with E-state index in [1.54, 1.807) is 0 Å². The van der Waals surface area contributed by atoms with Gasteiger partial charge in [0, 0.05) is 12.7 Å². The Morgan fingerprint density at radius 3 is 2.94 bits per heavy atom. The normalized spacial score (nSPS) is 10.7. The summed E-state index contributed by atoms with van der Waals surface area (Å²) in [5.41, 5.74) is 3.46. The Bertz CT molecular complexity index is 658. The van der Waals surface area contributed by atoms with Gasteiger partial charge in [0.05, 0.1) is 17.4 Å². The first-order chi connectivity index (χ1) is 8.83. The fraction of sp³-hybridized carbons (Fsp3) is 0.0714. The Balaban J connectivity index is 1.80. The molecule has 0 unspecified atom stereocenters. The number of nitrogens with zero attached hydrogens (tertiary/aromatic N) is 1. The van der Waals surface area contributed by atoms with Crippen LogP contribution in [-0.2, 0) is 6.54 Å². The SMILES string of the molecule is Brc1ccc(NCc2cccc3cc[nH]c23)cn1. The van der Waals surface area contributed by atoms with Gasteiger partial charge in [-0.15, -0.1) is 0 Å². The van der Waals surface area contributed by atoms with Gasteiger partial charge in [0.25, 0.3) is 0 Å². The van der Waals surface area contributed by atoms with E-state index in [1.807, 2.05) is 24.5 Å². The third kappa shape index (κ3) is 2.24. The largest absolute Gasteiger partial charge is 0.380 e. The van der Waals surface area contributed by atoms with E-state index >= 15 is 0 Å². The van der Waals surface area contributed by atoms with Crippen molar-refractivity contribution in [2.24, 2.45) is 0 Å². The average molecular weight is 302 g/mol. The Morgan fingerprint density at radius 1 is 1.17 bits per heavy atom. The minimum atomic E-state index is 0.779. The number of hydrogen-bond acceptors (Lipinski definition) is 2. The van der Waals surface area contributed by atoms with E-state index in [4.69, 9.17) is 0 Å². The van der Waals surface area contributed by atoms with E-state index in [-0.39, 0.29) is 0 Å². The van der Waals surface area contributed by atoms with Crippen LogP contribution in [0.3, 0.4) is 0 Å². The van der Waals surface area contributed by atoms with Crippen LogP contribution in [-0.4, -0.2) is 9.97 Å². The van der Waals surface area contributed by atoms with Crippen molar-refractivity contribution in [1.29, 1.82) is 0 Å². The molecule has 4 heteroatoms. The van der Waals surface area contributed by atoms with Crippen LogP contribution >= 0.6 is 15.9 Å². The van der Waals surface area contributed by atoms with E-state index in [9.17, 15) is 0 Å². The van der Waals surface area contributed by atoms with Gasteiger partial charge in [-0.1, -0.05) is 18.2 Å². The number of fused-ring (bicyclic) bond motifs is 1. The minimum absolute atomic E-state index is 0.779. The van der Waals surface area contributed by atoms with Crippen LogP contribution in [0.5, 0.6) is 0 Å². The second-order valence-electron chi connectivity index (χ2n) is 4.08. The molecule has 0 bridgehead atoms. The monoisotopic (exact) mass is 301 g/mol. The zero-order chi connectivity index (χ0) is 12.4. The molecule has 0 aliphatic carbocycles. The van der Waals surface area contributed by atoms with Gasteiger partial charge in [-0.3, -0.25) is 0 Å². The molecule has 18 heavy (non-hydrogen) atoms. The number of nitrogens with one attached hydrogen (secondary N) is 2. The standard InChI is InChI=1S/C14H12BrN3/c15-13-5-4-12(9-18-13)17-8-11-3-1-2-10-6-7-16-14(10)11/h1-7,9,16-17H,8H2. The first-order valence-electron chi connectivity index (χ1n) is 5.73. The molecule has 3 nitrogen and oxygen atoms in total. The summed E-state index contributed by atoms with van der Waals surface area (Å²) < 4.78 is 0.847. The van der Waals surface area contributed by atoms with Crippen molar-refractivity contribution in [2.45, 2.75) is 6.54 Å². The molecule has 0 aliphatic heterocycles. The summed E-state index contributed by atoms with van der Waals surface area (Å²) in [6.45, 7) is 0.779. The molecule has 0 amide bonds. The predicted molar refractivity (Wildman–Crippen MR) is 77.6 cm³/mol. The van der Waals surface area contributed by atoms with Crippen LogP contribution in [0.15, 0.2) is 53.4 Å². The van der Waals surface area contributed by atoms with Gasteiger partial charge in [0.2, 0.25) is 0 Å². The number of halogens is 1. The molecule has 1 aromatic carbocycles. The van der Waals surface area contributed by atoms with Gasteiger partial charge in [0.1, 0.15) is 4.60 Å².